The van der Waals surface area contributed by atoms with Crippen molar-refractivity contribution in [3.63, 3.8) is 0 Å². The third-order valence-corrected chi connectivity index (χ3v) is 7.77. The molecule has 3 nitrogen and oxygen atoms in total. The topological polar surface area (TPSA) is 31.0 Å². The molecule has 154 valence electrons. The van der Waals surface area contributed by atoms with Gasteiger partial charge in [0.15, 0.2) is 5.58 Å². The molecule has 0 saturated carbocycles. The van der Waals surface area contributed by atoms with Crippen LogP contribution >= 0.6 is 11.3 Å². The maximum atomic E-state index is 6.58. The van der Waals surface area contributed by atoms with Gasteiger partial charge in [-0.05, 0) is 41.1 Å². The molecule has 4 heteroatoms. The molecule has 0 spiro atoms. The number of oxazole rings is 1. The van der Waals surface area contributed by atoms with Gasteiger partial charge in [-0.1, -0.05) is 66.7 Å². The molecule has 8 rings (SSSR count). The van der Waals surface area contributed by atoms with Crippen LogP contribution in [0.5, 0.6) is 0 Å². The summed E-state index contributed by atoms with van der Waals surface area (Å²) in [6, 6.07) is 34.8. The largest absolute Gasteiger partial charge is 0.422 e. The first-order valence-corrected chi connectivity index (χ1v) is 11.8. The average molecular weight is 441 g/mol. The van der Waals surface area contributed by atoms with E-state index in [9.17, 15) is 0 Å². The summed E-state index contributed by atoms with van der Waals surface area (Å²) in [6.45, 7) is 0. The molecule has 0 amide bonds. The summed E-state index contributed by atoms with van der Waals surface area (Å²) in [7, 11) is 0. The molecular formula is C29H16N2OS. The van der Waals surface area contributed by atoms with E-state index in [4.69, 9.17) is 9.40 Å². The summed E-state index contributed by atoms with van der Waals surface area (Å²) in [4.78, 5) is 4.97. The van der Waals surface area contributed by atoms with Gasteiger partial charge in [0.1, 0.15) is 5.52 Å². The van der Waals surface area contributed by atoms with Gasteiger partial charge in [-0.2, -0.15) is 4.98 Å². The lowest BCUT2D eigenvalue weighted by atomic mass is 10.0. The van der Waals surface area contributed by atoms with Gasteiger partial charge in [0, 0.05) is 30.9 Å². The van der Waals surface area contributed by atoms with Crippen molar-refractivity contribution in [3.05, 3.63) is 97.1 Å². The summed E-state index contributed by atoms with van der Waals surface area (Å²) >= 11 is 1.80. The Morgan fingerprint density at radius 1 is 0.606 bits per heavy atom. The van der Waals surface area contributed by atoms with E-state index in [1.165, 1.54) is 36.3 Å². The van der Waals surface area contributed by atoms with E-state index in [0.717, 1.165) is 27.5 Å². The minimum absolute atomic E-state index is 0.606. The Kier molecular flexibility index (Phi) is 3.28. The summed E-state index contributed by atoms with van der Waals surface area (Å²) in [5.41, 5.74) is 3.94. The molecule has 0 unspecified atom stereocenters. The molecule has 0 aliphatic carbocycles. The van der Waals surface area contributed by atoms with Crippen molar-refractivity contribution in [2.75, 3.05) is 0 Å². The number of fused-ring (bicyclic) bond motifs is 10. The van der Waals surface area contributed by atoms with E-state index < -0.39 is 0 Å². The maximum absolute atomic E-state index is 6.58. The molecule has 8 aromatic rings. The normalized spacial score (nSPS) is 12.2. The molecular weight excluding hydrogens is 424 g/mol. The van der Waals surface area contributed by atoms with Gasteiger partial charge in [0.2, 0.25) is 0 Å². The van der Waals surface area contributed by atoms with Crippen molar-refractivity contribution in [1.29, 1.82) is 0 Å². The van der Waals surface area contributed by atoms with Crippen molar-refractivity contribution in [2.24, 2.45) is 0 Å². The molecule has 3 aromatic heterocycles. The van der Waals surface area contributed by atoms with Crippen LogP contribution in [0, 0.1) is 0 Å². The van der Waals surface area contributed by atoms with Crippen molar-refractivity contribution in [2.45, 2.75) is 0 Å². The number of aromatic nitrogens is 2. The number of benzene rings is 5. The fraction of sp³-hybridized carbons (Fsp3) is 0. The second-order valence-electron chi connectivity index (χ2n) is 8.41. The lowest BCUT2D eigenvalue weighted by Gasteiger charge is -2.03. The lowest BCUT2D eigenvalue weighted by molar-refractivity contribution is 0.577. The predicted molar refractivity (Wildman–Crippen MR) is 139 cm³/mol. The molecule has 5 aromatic carbocycles. The Morgan fingerprint density at radius 3 is 2.33 bits per heavy atom. The standard InChI is InChI=1S/C29H16N2OS/c1-2-8-18-17(7-1)13-15-23-26(18)19-9-3-5-11-22(19)31(23)29-30-21-14-16-25-27(28(21)32-29)20-10-4-6-12-24(20)33-25/h1-16H. The van der Waals surface area contributed by atoms with Gasteiger partial charge in [0.05, 0.1) is 11.0 Å². The lowest BCUT2D eigenvalue weighted by Crippen LogP contribution is -1.93. The van der Waals surface area contributed by atoms with Crippen LogP contribution in [-0.2, 0) is 0 Å². The van der Waals surface area contributed by atoms with E-state index >= 15 is 0 Å². The third-order valence-electron chi connectivity index (χ3n) is 6.64. The summed E-state index contributed by atoms with van der Waals surface area (Å²) in [5, 5.41) is 7.29. The van der Waals surface area contributed by atoms with Crippen LogP contribution in [0.3, 0.4) is 0 Å². The van der Waals surface area contributed by atoms with Gasteiger partial charge in [-0.25, -0.2) is 0 Å². The highest BCUT2D eigenvalue weighted by atomic mass is 32.1. The molecule has 33 heavy (non-hydrogen) atoms. The molecule has 0 radical (unpaired) electrons. The summed E-state index contributed by atoms with van der Waals surface area (Å²) in [5.74, 6) is 0. The van der Waals surface area contributed by atoms with Crippen molar-refractivity contribution < 1.29 is 4.42 Å². The van der Waals surface area contributed by atoms with Gasteiger partial charge in [0.25, 0.3) is 0 Å². The molecule has 0 atom stereocenters. The zero-order chi connectivity index (χ0) is 21.5. The van der Waals surface area contributed by atoms with Crippen molar-refractivity contribution in [3.8, 4) is 6.01 Å². The van der Waals surface area contributed by atoms with Gasteiger partial charge < -0.3 is 4.42 Å². The van der Waals surface area contributed by atoms with Crippen LogP contribution in [0.1, 0.15) is 0 Å². The van der Waals surface area contributed by atoms with Crippen LogP contribution in [0.4, 0.5) is 0 Å². The van der Waals surface area contributed by atoms with Crippen LogP contribution in [-0.4, -0.2) is 9.55 Å². The van der Waals surface area contributed by atoms with E-state index in [-0.39, 0.29) is 0 Å². The molecule has 0 N–H and O–H groups in total. The zero-order valence-electron chi connectivity index (χ0n) is 17.4. The Hall–Kier alpha value is -4.15. The fourth-order valence-corrected chi connectivity index (χ4v) is 6.33. The highest BCUT2D eigenvalue weighted by molar-refractivity contribution is 7.26. The van der Waals surface area contributed by atoms with Crippen LogP contribution in [0.15, 0.2) is 101 Å². The molecule has 0 aliphatic rings. The monoisotopic (exact) mass is 440 g/mol. The first-order chi connectivity index (χ1) is 16.4. The Bertz CT molecular complexity index is 2040. The Balaban J connectivity index is 1.53. The predicted octanol–water partition coefficient (Wildman–Crippen LogP) is 8.45. The second-order valence-corrected chi connectivity index (χ2v) is 9.50. The minimum Gasteiger partial charge on any atom is -0.422 e. The minimum atomic E-state index is 0.606. The SMILES string of the molecule is c1ccc2c(c1)ccc1c2c2ccccc2n1-c1nc2ccc3sc4ccccc4c3c2o1. The second kappa shape index (κ2) is 6.21. The maximum Gasteiger partial charge on any atom is 0.307 e. The highest BCUT2D eigenvalue weighted by Crippen LogP contribution is 2.41. The van der Waals surface area contributed by atoms with Gasteiger partial charge >= 0.3 is 6.01 Å². The number of para-hydroxylation sites is 1. The number of thiophene rings is 1. The number of nitrogens with zero attached hydrogens (tertiary/aromatic N) is 2. The smallest absolute Gasteiger partial charge is 0.307 e. The summed E-state index contributed by atoms with van der Waals surface area (Å²) in [6.07, 6.45) is 0. The van der Waals surface area contributed by atoms with Gasteiger partial charge in [-0.15, -0.1) is 11.3 Å². The molecule has 0 aliphatic heterocycles. The molecule has 0 bridgehead atoms. The third kappa shape index (κ3) is 2.25. The van der Waals surface area contributed by atoms with Crippen LogP contribution in [0.25, 0.3) is 69.9 Å². The number of rotatable bonds is 1. The Morgan fingerprint density at radius 2 is 1.39 bits per heavy atom. The molecule has 0 fully saturated rings. The van der Waals surface area contributed by atoms with Crippen molar-refractivity contribution >= 4 is 75.2 Å². The van der Waals surface area contributed by atoms with E-state index in [1.54, 1.807) is 11.3 Å². The van der Waals surface area contributed by atoms with Crippen molar-refractivity contribution in [1.82, 2.24) is 9.55 Å². The quantitative estimate of drug-likeness (QED) is 0.256. The van der Waals surface area contributed by atoms with E-state index in [0.29, 0.717) is 6.01 Å². The number of hydrogen-bond acceptors (Lipinski definition) is 3. The van der Waals surface area contributed by atoms with E-state index in [2.05, 4.69) is 102 Å². The fourth-order valence-electron chi connectivity index (χ4n) is 5.22. The van der Waals surface area contributed by atoms with E-state index in [1.807, 2.05) is 0 Å². The highest BCUT2D eigenvalue weighted by Gasteiger charge is 2.20. The molecule has 3 heterocycles. The number of hydrogen-bond donors (Lipinski definition) is 0. The van der Waals surface area contributed by atoms with Crippen LogP contribution < -0.4 is 0 Å². The Labute approximate surface area is 192 Å². The first-order valence-electron chi connectivity index (χ1n) is 11.0. The van der Waals surface area contributed by atoms with Gasteiger partial charge in [-0.3, -0.25) is 4.57 Å². The first kappa shape index (κ1) is 17.4. The zero-order valence-corrected chi connectivity index (χ0v) is 18.3. The van der Waals surface area contributed by atoms with Crippen LogP contribution in [0.2, 0.25) is 0 Å². The molecule has 0 saturated heterocycles. The summed E-state index contributed by atoms with van der Waals surface area (Å²) < 4.78 is 11.2. The average Bonchev–Trinajstić information content (AvgIpc) is 3.54.